The number of nitro groups is 1. The summed E-state index contributed by atoms with van der Waals surface area (Å²) in [5, 5.41) is 20.3. The minimum Gasteiger partial charge on any atom is -0.481 e. The highest BCUT2D eigenvalue weighted by molar-refractivity contribution is 5.82. The first-order valence-corrected chi connectivity index (χ1v) is 6.03. The molecule has 100 valence electrons. The number of carbonyl (C=O) groups is 1. The fourth-order valence-electron chi connectivity index (χ4n) is 2.04. The molecule has 0 bridgehead atoms. The van der Waals surface area contributed by atoms with Gasteiger partial charge in [-0.15, -0.1) is 0 Å². The number of rotatable bonds is 6. The summed E-state index contributed by atoms with van der Waals surface area (Å²) in [6, 6.07) is 6.65. The lowest BCUT2D eigenvalue weighted by molar-refractivity contribution is -0.384. The first kappa shape index (κ1) is 13.1. The van der Waals surface area contributed by atoms with E-state index in [1.54, 1.807) is 12.1 Å². The predicted molar refractivity (Wildman–Crippen MR) is 70.1 cm³/mol. The average molecular weight is 262 g/mol. The third-order valence-corrected chi connectivity index (χ3v) is 3.01. The molecule has 1 heterocycles. The topological polar surface area (TPSA) is 85.4 Å². The molecule has 6 nitrogen and oxygen atoms in total. The van der Waals surface area contributed by atoms with E-state index in [4.69, 9.17) is 5.11 Å². The van der Waals surface area contributed by atoms with Crippen LogP contribution in [0, 0.1) is 10.1 Å². The van der Waals surface area contributed by atoms with Gasteiger partial charge in [0, 0.05) is 36.7 Å². The molecule has 2 aromatic rings. The van der Waals surface area contributed by atoms with Crippen molar-refractivity contribution in [2.24, 2.45) is 0 Å². The van der Waals surface area contributed by atoms with Crippen molar-refractivity contribution in [1.82, 2.24) is 4.57 Å². The maximum Gasteiger partial charge on any atom is 0.303 e. The van der Waals surface area contributed by atoms with Crippen molar-refractivity contribution in [2.75, 3.05) is 0 Å². The lowest BCUT2D eigenvalue weighted by Gasteiger charge is -2.04. The Hall–Kier alpha value is -2.37. The molecule has 0 atom stereocenters. The van der Waals surface area contributed by atoms with Gasteiger partial charge in [0.1, 0.15) is 0 Å². The zero-order chi connectivity index (χ0) is 13.8. The number of unbranched alkanes of at least 4 members (excludes halogenated alkanes) is 1. The number of non-ortho nitro benzene ring substituents is 1. The standard InChI is InChI=1S/C13H14N2O4/c16-13(17)3-1-2-7-14-8-6-10-4-5-11(15(18)19)9-12(10)14/h4-6,8-9H,1-3,7H2,(H,16,17). The molecule has 0 unspecified atom stereocenters. The summed E-state index contributed by atoms with van der Waals surface area (Å²) >= 11 is 0. The number of benzene rings is 1. The van der Waals surface area contributed by atoms with Crippen LogP contribution in [0.1, 0.15) is 19.3 Å². The van der Waals surface area contributed by atoms with E-state index in [1.165, 1.54) is 6.07 Å². The van der Waals surface area contributed by atoms with Gasteiger partial charge in [-0.05, 0) is 25.0 Å². The molecule has 0 spiro atoms. The molecular weight excluding hydrogens is 248 g/mol. The van der Waals surface area contributed by atoms with Crippen molar-refractivity contribution < 1.29 is 14.8 Å². The lowest BCUT2D eigenvalue weighted by atomic mass is 10.2. The van der Waals surface area contributed by atoms with Crippen LogP contribution >= 0.6 is 0 Å². The molecular formula is C13H14N2O4. The Kier molecular flexibility index (Phi) is 3.79. The van der Waals surface area contributed by atoms with Gasteiger partial charge in [-0.2, -0.15) is 0 Å². The van der Waals surface area contributed by atoms with Gasteiger partial charge in [0.25, 0.3) is 5.69 Å². The van der Waals surface area contributed by atoms with Crippen LogP contribution in [0.15, 0.2) is 30.5 Å². The minimum absolute atomic E-state index is 0.0676. The summed E-state index contributed by atoms with van der Waals surface area (Å²) in [5.41, 5.74) is 0.877. The number of carboxylic acids is 1. The molecule has 0 radical (unpaired) electrons. The summed E-state index contributed by atoms with van der Waals surface area (Å²) in [5.74, 6) is -0.798. The monoisotopic (exact) mass is 262 g/mol. The molecule has 6 heteroatoms. The highest BCUT2D eigenvalue weighted by Crippen LogP contribution is 2.22. The molecule has 1 aromatic heterocycles. The summed E-state index contributed by atoms with van der Waals surface area (Å²) in [7, 11) is 0. The molecule has 0 aliphatic carbocycles. The highest BCUT2D eigenvalue weighted by atomic mass is 16.6. The fourth-order valence-corrected chi connectivity index (χ4v) is 2.04. The second kappa shape index (κ2) is 5.51. The van der Waals surface area contributed by atoms with Crippen LogP contribution in [0.5, 0.6) is 0 Å². The summed E-state index contributed by atoms with van der Waals surface area (Å²) in [6.07, 6.45) is 3.36. The van der Waals surface area contributed by atoms with Crippen LogP contribution in [0.2, 0.25) is 0 Å². The van der Waals surface area contributed by atoms with E-state index in [-0.39, 0.29) is 12.1 Å². The van der Waals surface area contributed by atoms with Crippen molar-refractivity contribution in [3.05, 3.63) is 40.6 Å². The van der Waals surface area contributed by atoms with Crippen LogP contribution < -0.4 is 0 Å². The van der Waals surface area contributed by atoms with Gasteiger partial charge in [0.15, 0.2) is 0 Å². The highest BCUT2D eigenvalue weighted by Gasteiger charge is 2.09. The zero-order valence-electron chi connectivity index (χ0n) is 10.3. The van der Waals surface area contributed by atoms with Crippen LogP contribution in [-0.2, 0) is 11.3 Å². The maximum atomic E-state index is 10.7. The number of fused-ring (bicyclic) bond motifs is 1. The first-order valence-electron chi connectivity index (χ1n) is 6.03. The van der Waals surface area contributed by atoms with Gasteiger partial charge in [0.2, 0.25) is 0 Å². The molecule has 0 amide bonds. The van der Waals surface area contributed by atoms with Gasteiger partial charge in [-0.1, -0.05) is 0 Å². The Bertz CT molecular complexity index is 618. The maximum absolute atomic E-state index is 10.7. The predicted octanol–water partition coefficient (Wildman–Crippen LogP) is 2.80. The molecule has 19 heavy (non-hydrogen) atoms. The number of aliphatic carboxylic acids is 1. The second-order valence-corrected chi connectivity index (χ2v) is 4.36. The third-order valence-electron chi connectivity index (χ3n) is 3.01. The SMILES string of the molecule is O=C(O)CCCCn1ccc2ccc([N+](=O)[O-])cc21. The largest absolute Gasteiger partial charge is 0.481 e. The van der Waals surface area contributed by atoms with E-state index in [2.05, 4.69) is 0 Å². The molecule has 1 N–H and O–H groups in total. The number of nitro benzene ring substituents is 1. The van der Waals surface area contributed by atoms with Gasteiger partial charge in [-0.3, -0.25) is 14.9 Å². The number of hydrogen-bond donors (Lipinski definition) is 1. The van der Waals surface area contributed by atoms with E-state index in [0.29, 0.717) is 13.0 Å². The minimum atomic E-state index is -0.798. The second-order valence-electron chi connectivity index (χ2n) is 4.36. The van der Waals surface area contributed by atoms with Crippen molar-refractivity contribution in [3.63, 3.8) is 0 Å². The molecule has 0 aliphatic rings. The number of aryl methyl sites for hydroxylation is 1. The summed E-state index contributed by atoms with van der Waals surface area (Å²) in [4.78, 5) is 20.7. The zero-order valence-corrected chi connectivity index (χ0v) is 10.3. The Labute approximate surface area is 109 Å². The van der Waals surface area contributed by atoms with E-state index in [9.17, 15) is 14.9 Å². The Balaban J connectivity index is 2.12. The van der Waals surface area contributed by atoms with E-state index in [1.807, 2.05) is 16.8 Å². The van der Waals surface area contributed by atoms with Gasteiger partial charge >= 0.3 is 5.97 Å². The van der Waals surface area contributed by atoms with Crippen molar-refractivity contribution in [2.45, 2.75) is 25.8 Å². The Morgan fingerprint density at radius 2 is 2.11 bits per heavy atom. The third kappa shape index (κ3) is 3.09. The summed E-state index contributed by atoms with van der Waals surface area (Å²) in [6.45, 7) is 0.665. The van der Waals surface area contributed by atoms with Crippen molar-refractivity contribution >= 4 is 22.6 Å². The molecule has 0 aliphatic heterocycles. The van der Waals surface area contributed by atoms with E-state index in [0.717, 1.165) is 17.3 Å². The number of carboxylic acid groups (broad SMARTS) is 1. The fraction of sp³-hybridized carbons (Fsp3) is 0.308. The lowest BCUT2D eigenvalue weighted by Crippen LogP contribution is -1.99. The smallest absolute Gasteiger partial charge is 0.303 e. The number of nitrogens with zero attached hydrogens (tertiary/aromatic N) is 2. The van der Waals surface area contributed by atoms with Crippen molar-refractivity contribution in [3.8, 4) is 0 Å². The summed E-state index contributed by atoms with van der Waals surface area (Å²) < 4.78 is 1.92. The van der Waals surface area contributed by atoms with Gasteiger partial charge in [0.05, 0.1) is 10.4 Å². The Morgan fingerprint density at radius 3 is 2.79 bits per heavy atom. The molecule has 2 rings (SSSR count). The van der Waals surface area contributed by atoms with Crippen LogP contribution in [0.3, 0.4) is 0 Å². The van der Waals surface area contributed by atoms with Crippen LogP contribution in [-0.4, -0.2) is 20.6 Å². The first-order chi connectivity index (χ1) is 9.08. The molecule has 0 fully saturated rings. The number of aromatic nitrogens is 1. The van der Waals surface area contributed by atoms with Crippen molar-refractivity contribution in [1.29, 1.82) is 0 Å². The van der Waals surface area contributed by atoms with E-state index < -0.39 is 10.9 Å². The molecule has 0 saturated heterocycles. The number of hydrogen-bond acceptors (Lipinski definition) is 3. The Morgan fingerprint density at radius 1 is 1.32 bits per heavy atom. The normalized spacial score (nSPS) is 10.7. The average Bonchev–Trinajstić information content (AvgIpc) is 2.76. The molecule has 0 saturated carbocycles. The van der Waals surface area contributed by atoms with Crippen LogP contribution in [0.25, 0.3) is 10.9 Å². The molecule has 1 aromatic carbocycles. The van der Waals surface area contributed by atoms with E-state index >= 15 is 0 Å². The quantitative estimate of drug-likeness (QED) is 0.492. The van der Waals surface area contributed by atoms with Crippen LogP contribution in [0.4, 0.5) is 5.69 Å². The van der Waals surface area contributed by atoms with Gasteiger partial charge < -0.3 is 9.67 Å². The van der Waals surface area contributed by atoms with Gasteiger partial charge in [-0.25, -0.2) is 0 Å².